The summed E-state index contributed by atoms with van der Waals surface area (Å²) < 4.78 is 5.36. The van der Waals surface area contributed by atoms with Crippen LogP contribution in [0.3, 0.4) is 0 Å². The third kappa shape index (κ3) is 4.29. The topological polar surface area (TPSA) is 12.5 Å². The second kappa shape index (κ2) is 7.99. The van der Waals surface area contributed by atoms with Crippen LogP contribution in [0.5, 0.6) is 5.75 Å². The Hall–Kier alpha value is -1.18. The average Bonchev–Trinajstić information content (AvgIpc) is 2.40. The number of hydrogen-bond acceptors (Lipinski definition) is 2. The average molecular weight is 235 g/mol. The number of ether oxygens (including phenoxy) is 1. The quantitative estimate of drug-likeness (QED) is 0.765. The molecule has 2 heteroatoms. The van der Waals surface area contributed by atoms with Crippen molar-refractivity contribution < 1.29 is 4.74 Å². The van der Waals surface area contributed by atoms with Gasteiger partial charge in [0.1, 0.15) is 5.75 Å². The van der Waals surface area contributed by atoms with Gasteiger partial charge in [0.05, 0.1) is 12.8 Å². The minimum atomic E-state index is 0.995. The molecule has 1 aliphatic rings. The van der Waals surface area contributed by atoms with Crippen LogP contribution in [0.15, 0.2) is 24.3 Å². The minimum absolute atomic E-state index is 0.995. The summed E-state index contributed by atoms with van der Waals surface area (Å²) >= 11 is 0. The maximum absolute atomic E-state index is 5.36. The van der Waals surface area contributed by atoms with Gasteiger partial charge in [0.25, 0.3) is 0 Å². The predicted molar refractivity (Wildman–Crippen MR) is 75.0 cm³/mol. The van der Waals surface area contributed by atoms with Crippen LogP contribution in [-0.4, -0.2) is 20.2 Å². The fourth-order valence-electron chi connectivity index (χ4n) is 2.03. The van der Waals surface area contributed by atoms with Gasteiger partial charge in [-0.05, 0) is 31.4 Å². The van der Waals surface area contributed by atoms with Crippen LogP contribution in [0.1, 0.15) is 39.5 Å². The van der Waals surface area contributed by atoms with Crippen LogP contribution in [-0.2, 0) is 0 Å². The first-order chi connectivity index (χ1) is 8.33. The van der Waals surface area contributed by atoms with Gasteiger partial charge in [0, 0.05) is 13.1 Å². The Kier molecular flexibility index (Phi) is 6.53. The summed E-state index contributed by atoms with van der Waals surface area (Å²) in [5.41, 5.74) is 1.25. The Morgan fingerprint density at radius 2 is 1.65 bits per heavy atom. The summed E-state index contributed by atoms with van der Waals surface area (Å²) in [7, 11) is 1.74. The highest BCUT2D eigenvalue weighted by atomic mass is 16.5. The zero-order valence-corrected chi connectivity index (χ0v) is 11.4. The lowest BCUT2D eigenvalue weighted by Crippen LogP contribution is -2.29. The maximum atomic E-state index is 5.36. The van der Waals surface area contributed by atoms with Crippen molar-refractivity contribution in [1.29, 1.82) is 0 Å². The van der Waals surface area contributed by atoms with E-state index in [4.69, 9.17) is 4.74 Å². The molecule has 1 heterocycles. The van der Waals surface area contributed by atoms with Crippen LogP contribution in [0, 0.1) is 0 Å². The number of benzene rings is 1. The number of anilines is 1. The highest BCUT2D eigenvalue weighted by Gasteiger charge is 2.13. The molecule has 0 amide bonds. The molecular formula is C15H25NO. The van der Waals surface area contributed by atoms with Crippen molar-refractivity contribution in [2.45, 2.75) is 39.5 Å². The van der Waals surface area contributed by atoms with E-state index < -0.39 is 0 Å². The molecule has 0 saturated carbocycles. The molecule has 2 nitrogen and oxygen atoms in total. The molecule has 96 valence electrons. The highest BCUT2D eigenvalue weighted by Crippen LogP contribution is 2.29. The van der Waals surface area contributed by atoms with Gasteiger partial charge < -0.3 is 9.64 Å². The van der Waals surface area contributed by atoms with Crippen LogP contribution < -0.4 is 9.64 Å². The molecule has 17 heavy (non-hydrogen) atoms. The van der Waals surface area contributed by atoms with Crippen molar-refractivity contribution in [2.24, 2.45) is 0 Å². The molecule has 0 bridgehead atoms. The molecule has 0 N–H and O–H groups in total. The van der Waals surface area contributed by atoms with Crippen molar-refractivity contribution in [1.82, 2.24) is 0 Å². The van der Waals surface area contributed by atoms with E-state index in [0.29, 0.717) is 0 Å². The largest absolute Gasteiger partial charge is 0.495 e. The highest BCUT2D eigenvalue weighted by molar-refractivity contribution is 5.58. The molecule has 2 rings (SSSR count). The lowest BCUT2D eigenvalue weighted by Gasteiger charge is -2.29. The van der Waals surface area contributed by atoms with Gasteiger partial charge >= 0.3 is 0 Å². The summed E-state index contributed by atoms with van der Waals surface area (Å²) in [6.07, 6.45) is 5.22. The van der Waals surface area contributed by atoms with Crippen LogP contribution in [0.2, 0.25) is 0 Å². The van der Waals surface area contributed by atoms with Crippen LogP contribution >= 0.6 is 0 Å². The molecule has 0 unspecified atom stereocenters. The van der Waals surface area contributed by atoms with Gasteiger partial charge in [0.2, 0.25) is 0 Å². The minimum Gasteiger partial charge on any atom is -0.495 e. The Morgan fingerprint density at radius 1 is 1.06 bits per heavy atom. The van der Waals surface area contributed by atoms with Crippen LogP contribution in [0.4, 0.5) is 5.69 Å². The summed E-state index contributed by atoms with van der Waals surface area (Å²) in [5.74, 6) is 0.995. The van der Waals surface area contributed by atoms with E-state index >= 15 is 0 Å². The van der Waals surface area contributed by atoms with Crippen molar-refractivity contribution >= 4 is 5.69 Å². The van der Waals surface area contributed by atoms with Crippen molar-refractivity contribution in [3.8, 4) is 5.75 Å². The smallest absolute Gasteiger partial charge is 0.142 e. The third-order valence-corrected chi connectivity index (χ3v) is 2.78. The number of hydrogen-bond donors (Lipinski definition) is 0. The number of piperidine rings is 1. The molecule has 1 aromatic rings. The number of rotatable bonds is 2. The Balaban J connectivity index is 0.000000437. The lowest BCUT2D eigenvalue weighted by atomic mass is 10.1. The monoisotopic (exact) mass is 235 g/mol. The van der Waals surface area contributed by atoms with Crippen molar-refractivity contribution in [3.63, 3.8) is 0 Å². The molecule has 1 aromatic carbocycles. The van der Waals surface area contributed by atoms with Gasteiger partial charge in [-0.3, -0.25) is 0 Å². The fraction of sp³-hybridized carbons (Fsp3) is 0.600. The first-order valence-electron chi connectivity index (χ1n) is 6.71. The maximum Gasteiger partial charge on any atom is 0.142 e. The number of methoxy groups -OCH3 is 1. The van der Waals surface area contributed by atoms with Gasteiger partial charge in [-0.25, -0.2) is 0 Å². The second-order valence-corrected chi connectivity index (χ2v) is 4.43. The van der Waals surface area contributed by atoms with Gasteiger partial charge in [-0.15, -0.1) is 0 Å². The Morgan fingerprint density at radius 3 is 2.24 bits per heavy atom. The van der Waals surface area contributed by atoms with E-state index in [1.165, 1.54) is 44.5 Å². The summed E-state index contributed by atoms with van der Waals surface area (Å²) in [5, 5.41) is 0. The molecule has 0 atom stereocenters. The van der Waals surface area contributed by atoms with Gasteiger partial charge in [0.15, 0.2) is 0 Å². The third-order valence-electron chi connectivity index (χ3n) is 2.78. The molecule has 0 aliphatic carbocycles. The Bertz CT molecular complexity index is 306. The molecular weight excluding hydrogens is 210 g/mol. The van der Waals surface area contributed by atoms with Crippen molar-refractivity contribution in [3.05, 3.63) is 24.3 Å². The van der Waals surface area contributed by atoms with E-state index in [1.807, 2.05) is 12.1 Å². The normalized spacial score (nSPS) is 14.9. The first kappa shape index (κ1) is 13.9. The number of nitrogens with zero attached hydrogens (tertiary/aromatic N) is 1. The summed E-state index contributed by atoms with van der Waals surface area (Å²) in [6, 6.07) is 8.27. The lowest BCUT2D eigenvalue weighted by molar-refractivity contribution is 0.412. The second-order valence-electron chi connectivity index (χ2n) is 4.43. The van der Waals surface area contributed by atoms with E-state index in [2.05, 4.69) is 30.9 Å². The number of para-hydroxylation sites is 2. The van der Waals surface area contributed by atoms with E-state index in [0.717, 1.165) is 5.75 Å². The van der Waals surface area contributed by atoms with Crippen molar-refractivity contribution in [2.75, 3.05) is 25.1 Å². The molecule has 0 aromatic heterocycles. The zero-order valence-electron chi connectivity index (χ0n) is 11.4. The predicted octanol–water partition coefficient (Wildman–Crippen LogP) is 4.10. The SMILES string of the molecule is CCC.COc1ccccc1N1CCCCC1. The molecule has 1 fully saturated rings. The van der Waals surface area contributed by atoms with Crippen LogP contribution in [0.25, 0.3) is 0 Å². The first-order valence-corrected chi connectivity index (χ1v) is 6.71. The van der Waals surface area contributed by atoms with Gasteiger partial charge in [-0.2, -0.15) is 0 Å². The Labute approximate surface area is 106 Å². The van der Waals surface area contributed by atoms with Gasteiger partial charge in [-0.1, -0.05) is 32.4 Å². The summed E-state index contributed by atoms with van der Waals surface area (Å²) in [6.45, 7) is 6.58. The zero-order chi connectivity index (χ0) is 12.5. The van der Waals surface area contributed by atoms with E-state index in [1.54, 1.807) is 7.11 Å². The molecule has 1 saturated heterocycles. The standard InChI is InChI=1S/C12H17NO.C3H8/c1-14-12-8-4-3-7-11(12)13-9-5-2-6-10-13;1-3-2/h3-4,7-8H,2,5-6,9-10H2,1H3;3H2,1-2H3. The van der Waals surface area contributed by atoms with E-state index in [-0.39, 0.29) is 0 Å². The fourth-order valence-corrected chi connectivity index (χ4v) is 2.03. The van der Waals surface area contributed by atoms with E-state index in [9.17, 15) is 0 Å². The molecule has 0 radical (unpaired) electrons. The molecule has 0 spiro atoms. The summed E-state index contributed by atoms with van der Waals surface area (Å²) in [4.78, 5) is 2.42. The molecule has 1 aliphatic heterocycles.